The number of amides is 1. The summed E-state index contributed by atoms with van der Waals surface area (Å²) in [5, 5.41) is 8.96. The maximum Gasteiger partial charge on any atom is 0.255 e. The minimum absolute atomic E-state index is 0.0353. The van der Waals surface area contributed by atoms with Crippen LogP contribution in [0.2, 0.25) is 0 Å². The molecule has 2 aliphatic rings. The molecule has 2 fully saturated rings. The number of aromatic nitrogens is 1. The Morgan fingerprint density at radius 3 is 2.24 bits per heavy atom. The predicted octanol–water partition coefficient (Wildman–Crippen LogP) is 5.45. The molecule has 0 radical (unpaired) electrons. The number of hydrogen-bond acceptors (Lipinski definition) is 6. The fourth-order valence-electron chi connectivity index (χ4n) is 5.78. The molecule has 3 heterocycles. The summed E-state index contributed by atoms with van der Waals surface area (Å²) < 4.78 is 27.2. The number of rotatable bonds is 8. The molecule has 7 nitrogen and oxygen atoms in total. The maximum atomic E-state index is 14.0. The molecule has 5 rings (SSSR count). The van der Waals surface area contributed by atoms with E-state index in [9.17, 15) is 23.2 Å². The fourth-order valence-corrected chi connectivity index (χ4v) is 5.78. The van der Waals surface area contributed by atoms with E-state index < -0.39 is 17.6 Å². The third kappa shape index (κ3) is 6.94. The summed E-state index contributed by atoms with van der Waals surface area (Å²) >= 11 is 0. The molecule has 0 atom stereocenters. The van der Waals surface area contributed by atoms with Crippen molar-refractivity contribution in [1.82, 2.24) is 14.8 Å². The van der Waals surface area contributed by atoms with Crippen LogP contribution in [0.5, 0.6) is 0 Å². The Labute approximate surface area is 243 Å². The predicted molar refractivity (Wildman–Crippen MR) is 152 cm³/mol. The molecule has 9 heteroatoms. The van der Waals surface area contributed by atoms with Crippen LogP contribution in [0.1, 0.15) is 74.4 Å². The summed E-state index contributed by atoms with van der Waals surface area (Å²) in [4.78, 5) is 46.9. The van der Waals surface area contributed by atoms with Gasteiger partial charge in [-0.2, -0.15) is 5.26 Å². The van der Waals surface area contributed by atoms with Crippen LogP contribution in [0.4, 0.5) is 8.78 Å². The highest BCUT2D eigenvalue weighted by Gasteiger charge is 2.30. The molecule has 0 aliphatic carbocycles. The van der Waals surface area contributed by atoms with Gasteiger partial charge >= 0.3 is 0 Å². The van der Waals surface area contributed by atoms with Crippen LogP contribution in [-0.4, -0.2) is 58.4 Å². The molecule has 0 unspecified atom stereocenters. The molecule has 0 bridgehead atoms. The second-order valence-corrected chi connectivity index (χ2v) is 11.1. The van der Waals surface area contributed by atoms with E-state index in [-0.39, 0.29) is 29.0 Å². The van der Waals surface area contributed by atoms with E-state index in [0.717, 1.165) is 38.5 Å². The fraction of sp³-hybridized carbons (Fsp3) is 0.364. The lowest BCUT2D eigenvalue weighted by Crippen LogP contribution is -2.40. The Hall–Kier alpha value is -4.29. The molecule has 0 spiro atoms. The summed E-state index contributed by atoms with van der Waals surface area (Å²) in [6, 6.07) is 15.9. The van der Waals surface area contributed by atoms with Gasteiger partial charge in [-0.3, -0.25) is 24.3 Å². The van der Waals surface area contributed by atoms with Gasteiger partial charge in [-0.05, 0) is 86.7 Å². The van der Waals surface area contributed by atoms with Crippen LogP contribution in [0.3, 0.4) is 0 Å². The lowest BCUT2D eigenvalue weighted by atomic mass is 9.88. The quantitative estimate of drug-likeness (QED) is 0.334. The first kappa shape index (κ1) is 29.2. The second kappa shape index (κ2) is 13.1. The SMILES string of the molecule is N#Cc1ccc(CN2CCC(CC(=O)c3ccc(C(=O)N4CCC(C(=O)c5ccc(F)cc5F)CC4)cn3)CC2)cc1. The van der Waals surface area contributed by atoms with Crippen LogP contribution >= 0.6 is 0 Å². The number of piperidine rings is 2. The highest BCUT2D eigenvalue weighted by atomic mass is 19.1. The number of hydrogen-bond donors (Lipinski definition) is 0. The monoisotopic (exact) mass is 570 g/mol. The third-order valence-electron chi connectivity index (χ3n) is 8.32. The zero-order valence-corrected chi connectivity index (χ0v) is 23.3. The highest BCUT2D eigenvalue weighted by Crippen LogP contribution is 2.26. The normalized spacial score (nSPS) is 16.6. The van der Waals surface area contributed by atoms with Gasteiger partial charge in [0.05, 0.1) is 22.8 Å². The molecule has 3 aromatic rings. The first-order chi connectivity index (χ1) is 20.3. The number of likely N-dealkylation sites (tertiary alicyclic amines) is 2. The first-order valence-electron chi connectivity index (χ1n) is 14.3. The van der Waals surface area contributed by atoms with Gasteiger partial charge in [-0.15, -0.1) is 0 Å². The van der Waals surface area contributed by atoms with E-state index in [1.54, 1.807) is 17.0 Å². The van der Waals surface area contributed by atoms with Crippen LogP contribution in [0.25, 0.3) is 0 Å². The third-order valence-corrected chi connectivity index (χ3v) is 8.32. The average Bonchev–Trinajstić information content (AvgIpc) is 3.02. The summed E-state index contributed by atoms with van der Waals surface area (Å²) in [5.74, 6) is -2.39. The van der Waals surface area contributed by atoms with Gasteiger partial charge in [0.25, 0.3) is 5.91 Å². The van der Waals surface area contributed by atoms with Crippen molar-refractivity contribution in [2.45, 2.75) is 38.6 Å². The number of benzene rings is 2. The number of nitrogens with zero attached hydrogens (tertiary/aromatic N) is 4. The van der Waals surface area contributed by atoms with Gasteiger partial charge in [0.1, 0.15) is 17.3 Å². The summed E-state index contributed by atoms with van der Waals surface area (Å²) in [6.45, 7) is 3.30. The van der Waals surface area contributed by atoms with Crippen LogP contribution in [0.15, 0.2) is 60.8 Å². The molecule has 1 aromatic heterocycles. The molecule has 216 valence electrons. The number of pyridine rings is 1. The van der Waals surface area contributed by atoms with Crippen LogP contribution in [-0.2, 0) is 6.54 Å². The number of nitriles is 1. The Morgan fingerprint density at radius 1 is 0.905 bits per heavy atom. The van der Waals surface area contributed by atoms with Crippen molar-refractivity contribution < 1.29 is 23.2 Å². The number of Topliss-reactive ketones (excluding diaryl/α,β-unsaturated/α-hetero) is 2. The number of carbonyl (C=O) groups is 3. The standard InChI is InChI=1S/C33H32F2N4O3/c34-27-6-7-28(29(35)18-27)32(41)25-11-15-39(16-12-25)33(42)26-5-8-30(37-20-26)31(40)17-22-9-13-38(14-10-22)21-24-3-1-23(19-36)2-4-24/h1-8,18,20,22,25H,9-17,21H2. The van der Waals surface area contributed by atoms with Crippen molar-refractivity contribution in [3.8, 4) is 6.07 Å². The van der Waals surface area contributed by atoms with Gasteiger partial charge in [0, 0.05) is 44.2 Å². The molecule has 42 heavy (non-hydrogen) atoms. The Balaban J connectivity index is 1.07. The largest absolute Gasteiger partial charge is 0.339 e. The van der Waals surface area contributed by atoms with E-state index in [1.165, 1.54) is 17.8 Å². The van der Waals surface area contributed by atoms with Crippen molar-refractivity contribution in [3.63, 3.8) is 0 Å². The van der Waals surface area contributed by atoms with Crippen molar-refractivity contribution in [3.05, 3.63) is 100 Å². The van der Waals surface area contributed by atoms with Crippen LogP contribution < -0.4 is 0 Å². The van der Waals surface area contributed by atoms with E-state index in [0.29, 0.717) is 55.2 Å². The molecular weight excluding hydrogens is 538 g/mol. The van der Waals surface area contributed by atoms with Gasteiger partial charge in [-0.1, -0.05) is 12.1 Å². The molecule has 2 saturated heterocycles. The Morgan fingerprint density at radius 2 is 1.62 bits per heavy atom. The Bertz CT molecular complexity index is 1490. The van der Waals surface area contributed by atoms with Gasteiger partial charge < -0.3 is 4.90 Å². The van der Waals surface area contributed by atoms with Crippen molar-refractivity contribution in [2.75, 3.05) is 26.2 Å². The van der Waals surface area contributed by atoms with Crippen molar-refractivity contribution >= 4 is 17.5 Å². The average molecular weight is 571 g/mol. The van der Waals surface area contributed by atoms with E-state index in [4.69, 9.17) is 5.26 Å². The molecule has 2 aliphatic heterocycles. The summed E-state index contributed by atoms with van der Waals surface area (Å²) in [7, 11) is 0. The minimum atomic E-state index is -0.871. The van der Waals surface area contributed by atoms with Gasteiger partial charge in [0.15, 0.2) is 11.6 Å². The molecule has 0 N–H and O–H groups in total. The Kier molecular flexibility index (Phi) is 9.13. The van der Waals surface area contributed by atoms with E-state index >= 15 is 0 Å². The smallest absolute Gasteiger partial charge is 0.255 e. The molecular formula is C33H32F2N4O3. The summed E-state index contributed by atoms with van der Waals surface area (Å²) in [5.41, 5.74) is 2.41. The second-order valence-electron chi connectivity index (χ2n) is 11.1. The van der Waals surface area contributed by atoms with Crippen molar-refractivity contribution in [2.24, 2.45) is 11.8 Å². The minimum Gasteiger partial charge on any atom is -0.339 e. The lowest BCUT2D eigenvalue weighted by molar-refractivity contribution is 0.0648. The molecule has 0 saturated carbocycles. The lowest BCUT2D eigenvalue weighted by Gasteiger charge is -2.31. The first-order valence-corrected chi connectivity index (χ1v) is 14.3. The topological polar surface area (TPSA) is 94.4 Å². The van der Waals surface area contributed by atoms with Gasteiger partial charge in [-0.25, -0.2) is 8.78 Å². The number of halogens is 2. The molecule has 2 aromatic carbocycles. The highest BCUT2D eigenvalue weighted by molar-refractivity contribution is 5.99. The summed E-state index contributed by atoms with van der Waals surface area (Å²) in [6.07, 6.45) is 4.47. The number of carbonyl (C=O) groups excluding carboxylic acids is 3. The zero-order chi connectivity index (χ0) is 29.6. The van der Waals surface area contributed by atoms with Crippen molar-refractivity contribution in [1.29, 1.82) is 5.26 Å². The van der Waals surface area contributed by atoms with Gasteiger partial charge in [0.2, 0.25) is 0 Å². The zero-order valence-electron chi connectivity index (χ0n) is 23.3. The van der Waals surface area contributed by atoms with E-state index in [1.807, 2.05) is 24.3 Å². The number of ketones is 2. The van der Waals surface area contributed by atoms with Crippen LogP contribution in [0, 0.1) is 34.8 Å². The van der Waals surface area contributed by atoms with E-state index in [2.05, 4.69) is 16.0 Å². The molecule has 1 amide bonds. The maximum absolute atomic E-state index is 14.0.